The zero-order valence-electron chi connectivity index (χ0n) is 21.0. The van der Waals surface area contributed by atoms with Crippen molar-refractivity contribution in [2.75, 3.05) is 52.5 Å². The van der Waals surface area contributed by atoms with Crippen LogP contribution in [0.1, 0.15) is 54.5 Å². The van der Waals surface area contributed by atoms with Gasteiger partial charge >= 0.3 is 5.97 Å². The Labute approximate surface area is 216 Å². The number of benzene rings is 1. The van der Waals surface area contributed by atoms with Crippen LogP contribution in [-0.4, -0.2) is 89.9 Å². The lowest BCUT2D eigenvalue weighted by Gasteiger charge is -2.47. The molecular weight excluding hydrogens is 482 g/mol. The summed E-state index contributed by atoms with van der Waals surface area (Å²) in [6.07, 6.45) is 1.66. The van der Waals surface area contributed by atoms with Crippen LogP contribution in [0, 0.1) is 0 Å². The van der Waals surface area contributed by atoms with Gasteiger partial charge in [0.15, 0.2) is 11.5 Å². The van der Waals surface area contributed by atoms with Crippen LogP contribution in [0.3, 0.4) is 0 Å². The van der Waals surface area contributed by atoms with Crippen molar-refractivity contribution in [1.82, 2.24) is 14.8 Å². The average molecular weight is 518 g/mol. The number of carbonyl (C=O) groups is 2. The second-order valence-corrected chi connectivity index (χ2v) is 10.5. The van der Waals surface area contributed by atoms with Gasteiger partial charge in [0.2, 0.25) is 0 Å². The molecule has 2 aromatic rings. The Bertz CT molecular complexity index is 1030. The highest BCUT2D eigenvalue weighted by molar-refractivity contribution is 7.09. The van der Waals surface area contributed by atoms with E-state index in [4.69, 9.17) is 19.3 Å². The van der Waals surface area contributed by atoms with Crippen molar-refractivity contribution < 1.29 is 28.9 Å². The predicted molar refractivity (Wildman–Crippen MR) is 136 cm³/mol. The molecule has 2 aliphatic rings. The summed E-state index contributed by atoms with van der Waals surface area (Å²) >= 11 is 1.55. The molecule has 196 valence electrons. The highest BCUT2D eigenvalue weighted by atomic mass is 32.1. The van der Waals surface area contributed by atoms with Crippen molar-refractivity contribution in [3.05, 3.63) is 40.3 Å². The predicted octanol–water partition coefficient (Wildman–Crippen LogP) is 3.51. The third kappa shape index (κ3) is 6.74. The van der Waals surface area contributed by atoms with E-state index in [-0.39, 0.29) is 24.5 Å². The van der Waals surface area contributed by atoms with Gasteiger partial charge in [-0.25, -0.2) is 4.98 Å². The Morgan fingerprint density at radius 1 is 1.14 bits per heavy atom. The zero-order chi connectivity index (χ0) is 25.5. The van der Waals surface area contributed by atoms with Crippen LogP contribution >= 0.6 is 11.3 Å². The molecule has 4 rings (SSSR count). The molecule has 3 heterocycles. The average Bonchev–Trinajstić information content (AvgIpc) is 3.37. The molecule has 0 saturated carbocycles. The van der Waals surface area contributed by atoms with E-state index in [0.29, 0.717) is 49.4 Å². The summed E-state index contributed by atoms with van der Waals surface area (Å²) in [5.74, 6) is 0.593. The van der Waals surface area contributed by atoms with Crippen molar-refractivity contribution in [1.29, 1.82) is 0 Å². The number of aromatic nitrogens is 1. The summed E-state index contributed by atoms with van der Waals surface area (Å²) in [7, 11) is 0. The number of carboxylic acid groups (broad SMARTS) is 1. The first-order valence-corrected chi connectivity index (χ1v) is 13.4. The van der Waals surface area contributed by atoms with Gasteiger partial charge in [-0.2, -0.15) is 0 Å². The Balaban J connectivity index is 1.24. The minimum atomic E-state index is -0.894. The fourth-order valence-corrected chi connectivity index (χ4v) is 5.35. The van der Waals surface area contributed by atoms with E-state index in [1.165, 1.54) is 0 Å². The standard InChI is InChI=1S/C26H35N3O6S/c1-19(2)24-27-20(17-36-24)25(32)29-13-16-35-26(18-29)8-10-28(11-9-26)12-15-34-22-6-4-3-5-21(22)33-14-7-23(30)31/h3-6,17,19H,7-16,18H2,1-2H3,(H,30,31). The Morgan fingerprint density at radius 2 is 1.83 bits per heavy atom. The van der Waals surface area contributed by atoms with E-state index in [1.807, 2.05) is 28.5 Å². The number of thiazole rings is 1. The minimum absolute atomic E-state index is 0.000827. The monoisotopic (exact) mass is 517 g/mol. The molecule has 1 N–H and O–H groups in total. The highest BCUT2D eigenvalue weighted by Gasteiger charge is 2.41. The fourth-order valence-electron chi connectivity index (χ4n) is 4.54. The van der Waals surface area contributed by atoms with Crippen molar-refractivity contribution in [2.24, 2.45) is 0 Å². The summed E-state index contributed by atoms with van der Waals surface area (Å²) < 4.78 is 17.7. The van der Waals surface area contributed by atoms with Crippen molar-refractivity contribution in [3.8, 4) is 11.5 Å². The number of hydrogen-bond acceptors (Lipinski definition) is 8. The Hall–Kier alpha value is -2.69. The lowest BCUT2D eigenvalue weighted by atomic mass is 9.89. The summed E-state index contributed by atoms with van der Waals surface area (Å²) in [6.45, 7) is 9.03. The molecule has 2 saturated heterocycles. The molecule has 1 amide bonds. The maximum absolute atomic E-state index is 13.1. The second-order valence-electron chi connectivity index (χ2n) is 9.61. The minimum Gasteiger partial charge on any atom is -0.489 e. The maximum atomic E-state index is 13.1. The first-order valence-electron chi connectivity index (χ1n) is 12.5. The van der Waals surface area contributed by atoms with Gasteiger partial charge in [0.1, 0.15) is 12.3 Å². The molecule has 2 fully saturated rings. The van der Waals surface area contributed by atoms with Crippen LogP contribution in [0.4, 0.5) is 0 Å². The maximum Gasteiger partial charge on any atom is 0.306 e. The summed E-state index contributed by atoms with van der Waals surface area (Å²) in [4.78, 5) is 32.6. The topological polar surface area (TPSA) is 101 Å². The molecule has 2 aliphatic heterocycles. The molecule has 0 radical (unpaired) electrons. The van der Waals surface area contributed by atoms with Crippen LogP contribution < -0.4 is 9.47 Å². The molecule has 0 aliphatic carbocycles. The zero-order valence-corrected chi connectivity index (χ0v) is 21.8. The van der Waals surface area contributed by atoms with Crippen molar-refractivity contribution in [3.63, 3.8) is 0 Å². The number of aliphatic carboxylic acids is 1. The molecule has 0 bridgehead atoms. The van der Waals surface area contributed by atoms with Crippen molar-refractivity contribution in [2.45, 2.75) is 44.6 Å². The first kappa shape index (κ1) is 26.4. The van der Waals surface area contributed by atoms with E-state index in [9.17, 15) is 9.59 Å². The van der Waals surface area contributed by atoms with E-state index in [1.54, 1.807) is 17.4 Å². The van der Waals surface area contributed by atoms with Gasteiger partial charge in [-0.15, -0.1) is 11.3 Å². The Kier molecular flexibility index (Phi) is 8.81. The van der Waals surface area contributed by atoms with Crippen molar-refractivity contribution >= 4 is 23.2 Å². The SMILES string of the molecule is CC(C)c1nc(C(=O)N2CCOC3(CCN(CCOc4ccccc4OCCC(=O)O)CC3)C2)cs1. The number of likely N-dealkylation sites (tertiary alicyclic amines) is 1. The number of ether oxygens (including phenoxy) is 3. The molecule has 10 heteroatoms. The van der Waals surface area contributed by atoms with E-state index in [0.717, 1.165) is 37.5 Å². The number of nitrogens with zero attached hydrogens (tertiary/aromatic N) is 3. The normalized spacial score (nSPS) is 17.9. The molecule has 1 aromatic heterocycles. The lowest BCUT2D eigenvalue weighted by Crippen LogP contribution is -2.58. The number of amides is 1. The summed E-state index contributed by atoms with van der Waals surface area (Å²) in [6, 6.07) is 7.31. The van der Waals surface area contributed by atoms with Gasteiger partial charge in [-0.1, -0.05) is 26.0 Å². The van der Waals surface area contributed by atoms with Gasteiger partial charge < -0.3 is 24.2 Å². The van der Waals surface area contributed by atoms with Gasteiger partial charge in [-0.05, 0) is 25.0 Å². The van der Waals surface area contributed by atoms with E-state index in [2.05, 4.69) is 23.7 Å². The molecule has 0 unspecified atom stereocenters. The first-order chi connectivity index (χ1) is 17.3. The van der Waals surface area contributed by atoms with Crippen LogP contribution in [0.5, 0.6) is 11.5 Å². The van der Waals surface area contributed by atoms with Gasteiger partial charge in [0.05, 0.1) is 36.8 Å². The van der Waals surface area contributed by atoms with Crippen LogP contribution in [0.15, 0.2) is 29.6 Å². The number of hydrogen-bond donors (Lipinski definition) is 1. The molecule has 1 aromatic carbocycles. The molecular formula is C26H35N3O6S. The van der Waals surface area contributed by atoms with E-state index >= 15 is 0 Å². The smallest absolute Gasteiger partial charge is 0.306 e. The lowest BCUT2D eigenvalue weighted by molar-refractivity contribution is -0.137. The van der Waals surface area contributed by atoms with Gasteiger partial charge in [0, 0.05) is 37.5 Å². The summed E-state index contributed by atoms with van der Waals surface area (Å²) in [5, 5.41) is 11.7. The molecule has 0 atom stereocenters. The largest absolute Gasteiger partial charge is 0.489 e. The number of carboxylic acids is 1. The number of rotatable bonds is 10. The number of carbonyl (C=O) groups excluding carboxylic acids is 1. The van der Waals surface area contributed by atoms with Crippen LogP contribution in [0.2, 0.25) is 0 Å². The van der Waals surface area contributed by atoms with Crippen LogP contribution in [-0.2, 0) is 9.53 Å². The highest BCUT2D eigenvalue weighted by Crippen LogP contribution is 2.31. The van der Waals surface area contributed by atoms with E-state index < -0.39 is 5.97 Å². The number of para-hydroxylation sites is 2. The quantitative estimate of drug-likeness (QED) is 0.511. The molecule has 9 nitrogen and oxygen atoms in total. The number of piperidine rings is 1. The fraction of sp³-hybridized carbons (Fsp3) is 0.577. The Morgan fingerprint density at radius 3 is 2.47 bits per heavy atom. The molecule has 36 heavy (non-hydrogen) atoms. The van der Waals surface area contributed by atoms with Gasteiger partial charge in [-0.3, -0.25) is 14.5 Å². The van der Waals surface area contributed by atoms with Gasteiger partial charge in [0.25, 0.3) is 5.91 Å². The number of morpholine rings is 1. The summed E-state index contributed by atoms with van der Waals surface area (Å²) in [5.41, 5.74) is 0.245. The third-order valence-corrected chi connectivity index (χ3v) is 7.77. The third-order valence-electron chi connectivity index (χ3n) is 6.63. The van der Waals surface area contributed by atoms with Crippen LogP contribution in [0.25, 0.3) is 0 Å². The molecule has 1 spiro atoms. The second kappa shape index (κ2) is 12.0.